The molecule has 0 aliphatic rings. The SMILES string of the molecule is Cc1[nH]n(-c2ccccc2)c(=O)c1C(=O)Cc1ccccc1. The number of aromatic nitrogens is 2. The molecule has 2 aromatic carbocycles. The van der Waals surface area contributed by atoms with Gasteiger partial charge in [-0.25, -0.2) is 4.68 Å². The van der Waals surface area contributed by atoms with E-state index in [4.69, 9.17) is 0 Å². The minimum Gasteiger partial charge on any atom is -0.295 e. The fraction of sp³-hybridized carbons (Fsp3) is 0.111. The molecule has 3 aromatic rings. The van der Waals surface area contributed by atoms with Gasteiger partial charge in [0.1, 0.15) is 5.56 Å². The Labute approximate surface area is 128 Å². The second-order valence-electron chi connectivity index (χ2n) is 5.17. The van der Waals surface area contributed by atoms with Crippen molar-refractivity contribution in [1.82, 2.24) is 9.78 Å². The molecule has 0 atom stereocenters. The van der Waals surface area contributed by atoms with Crippen LogP contribution in [0, 0.1) is 6.92 Å². The molecule has 1 heterocycles. The average molecular weight is 292 g/mol. The highest BCUT2D eigenvalue weighted by Crippen LogP contribution is 2.10. The molecule has 3 rings (SSSR count). The number of rotatable bonds is 4. The first-order chi connectivity index (χ1) is 10.7. The van der Waals surface area contributed by atoms with Crippen molar-refractivity contribution in [1.29, 1.82) is 0 Å². The Kier molecular flexibility index (Phi) is 3.74. The molecule has 0 spiro atoms. The molecule has 0 amide bonds. The number of carbonyl (C=O) groups is 1. The van der Waals surface area contributed by atoms with E-state index in [0.717, 1.165) is 11.3 Å². The van der Waals surface area contributed by atoms with Gasteiger partial charge in [-0.1, -0.05) is 48.5 Å². The number of para-hydroxylation sites is 1. The summed E-state index contributed by atoms with van der Waals surface area (Å²) in [6.07, 6.45) is 0.226. The highest BCUT2D eigenvalue weighted by atomic mass is 16.2. The number of aromatic amines is 1. The Morgan fingerprint density at radius 1 is 1.00 bits per heavy atom. The second kappa shape index (κ2) is 5.85. The second-order valence-corrected chi connectivity index (χ2v) is 5.17. The first-order valence-corrected chi connectivity index (χ1v) is 7.11. The third-order valence-corrected chi connectivity index (χ3v) is 3.57. The van der Waals surface area contributed by atoms with E-state index in [1.54, 1.807) is 6.92 Å². The lowest BCUT2D eigenvalue weighted by Gasteiger charge is -2.00. The Hall–Kier alpha value is -2.88. The number of aryl methyl sites for hydroxylation is 1. The van der Waals surface area contributed by atoms with E-state index >= 15 is 0 Å². The Morgan fingerprint density at radius 3 is 2.23 bits per heavy atom. The number of hydrogen-bond donors (Lipinski definition) is 1. The van der Waals surface area contributed by atoms with E-state index in [0.29, 0.717) is 5.69 Å². The third kappa shape index (κ3) is 2.63. The van der Waals surface area contributed by atoms with Gasteiger partial charge in [-0.15, -0.1) is 0 Å². The van der Waals surface area contributed by atoms with Crippen LogP contribution in [0.5, 0.6) is 0 Å². The van der Waals surface area contributed by atoms with Crippen LogP contribution in [0.4, 0.5) is 0 Å². The van der Waals surface area contributed by atoms with Crippen LogP contribution in [0.25, 0.3) is 5.69 Å². The van der Waals surface area contributed by atoms with Crippen molar-refractivity contribution >= 4 is 5.78 Å². The Morgan fingerprint density at radius 2 is 1.59 bits per heavy atom. The molecule has 1 N–H and O–H groups in total. The van der Waals surface area contributed by atoms with Crippen LogP contribution in [-0.2, 0) is 6.42 Å². The molecular formula is C18H16N2O2. The average Bonchev–Trinajstić information content (AvgIpc) is 2.84. The van der Waals surface area contributed by atoms with Crippen LogP contribution in [0.1, 0.15) is 21.6 Å². The van der Waals surface area contributed by atoms with Gasteiger partial charge in [0, 0.05) is 12.1 Å². The van der Waals surface area contributed by atoms with Crippen molar-refractivity contribution in [3.05, 3.63) is 87.8 Å². The zero-order valence-corrected chi connectivity index (χ0v) is 12.2. The number of hydrogen-bond acceptors (Lipinski definition) is 2. The lowest BCUT2D eigenvalue weighted by molar-refractivity contribution is 0.0991. The van der Waals surface area contributed by atoms with Crippen molar-refractivity contribution in [2.24, 2.45) is 0 Å². The van der Waals surface area contributed by atoms with Crippen molar-refractivity contribution < 1.29 is 4.79 Å². The lowest BCUT2D eigenvalue weighted by Crippen LogP contribution is -2.21. The van der Waals surface area contributed by atoms with Crippen molar-refractivity contribution in [3.8, 4) is 5.69 Å². The summed E-state index contributed by atoms with van der Waals surface area (Å²) in [7, 11) is 0. The van der Waals surface area contributed by atoms with Gasteiger partial charge >= 0.3 is 0 Å². The summed E-state index contributed by atoms with van der Waals surface area (Å²) in [5, 5.41) is 2.98. The summed E-state index contributed by atoms with van der Waals surface area (Å²) < 4.78 is 1.41. The van der Waals surface area contributed by atoms with Gasteiger partial charge in [0.05, 0.1) is 5.69 Å². The zero-order valence-electron chi connectivity index (χ0n) is 12.2. The summed E-state index contributed by atoms with van der Waals surface area (Å²) in [4.78, 5) is 25.0. The van der Waals surface area contributed by atoms with Crippen LogP contribution < -0.4 is 5.56 Å². The van der Waals surface area contributed by atoms with Gasteiger partial charge in [-0.2, -0.15) is 0 Å². The summed E-state index contributed by atoms with van der Waals surface area (Å²) in [6.45, 7) is 1.75. The van der Waals surface area contributed by atoms with E-state index in [-0.39, 0.29) is 23.3 Å². The maximum atomic E-state index is 12.5. The molecule has 4 nitrogen and oxygen atoms in total. The predicted molar refractivity (Wildman–Crippen MR) is 85.6 cm³/mol. The molecule has 0 bridgehead atoms. The van der Waals surface area contributed by atoms with Gasteiger partial charge in [-0.05, 0) is 24.6 Å². The van der Waals surface area contributed by atoms with E-state index in [2.05, 4.69) is 5.10 Å². The summed E-state index contributed by atoms with van der Waals surface area (Å²) in [5.41, 5.74) is 2.14. The zero-order chi connectivity index (χ0) is 15.5. The fourth-order valence-electron chi connectivity index (χ4n) is 2.50. The normalized spacial score (nSPS) is 10.6. The molecule has 0 unspecified atom stereocenters. The van der Waals surface area contributed by atoms with Gasteiger partial charge in [0.25, 0.3) is 5.56 Å². The molecule has 0 saturated heterocycles. The molecule has 0 aliphatic heterocycles. The van der Waals surface area contributed by atoms with Gasteiger partial charge < -0.3 is 0 Å². The third-order valence-electron chi connectivity index (χ3n) is 3.57. The van der Waals surface area contributed by atoms with Crippen LogP contribution >= 0.6 is 0 Å². The molecule has 110 valence electrons. The molecular weight excluding hydrogens is 276 g/mol. The predicted octanol–water partition coefficient (Wildman–Crippen LogP) is 2.90. The maximum absolute atomic E-state index is 12.5. The quantitative estimate of drug-likeness (QED) is 0.752. The molecule has 22 heavy (non-hydrogen) atoms. The van der Waals surface area contributed by atoms with Crippen LogP contribution in [0.3, 0.4) is 0 Å². The fourth-order valence-corrected chi connectivity index (χ4v) is 2.50. The minimum absolute atomic E-state index is 0.167. The van der Waals surface area contributed by atoms with E-state index in [1.807, 2.05) is 60.7 Å². The topological polar surface area (TPSA) is 54.9 Å². The first kappa shape index (κ1) is 14.1. The number of H-pyrrole nitrogens is 1. The van der Waals surface area contributed by atoms with Crippen molar-refractivity contribution in [2.45, 2.75) is 13.3 Å². The number of nitrogens with zero attached hydrogens (tertiary/aromatic N) is 1. The largest absolute Gasteiger partial charge is 0.295 e. The van der Waals surface area contributed by atoms with Crippen molar-refractivity contribution in [2.75, 3.05) is 0 Å². The number of benzene rings is 2. The summed E-state index contributed by atoms with van der Waals surface area (Å²) in [5.74, 6) is -0.167. The smallest absolute Gasteiger partial charge is 0.282 e. The first-order valence-electron chi connectivity index (χ1n) is 7.11. The molecule has 4 heteroatoms. The maximum Gasteiger partial charge on any atom is 0.282 e. The summed E-state index contributed by atoms with van der Waals surface area (Å²) in [6, 6.07) is 18.7. The number of nitrogens with one attached hydrogen (secondary N) is 1. The number of ketones is 1. The highest BCUT2D eigenvalue weighted by Gasteiger charge is 2.19. The lowest BCUT2D eigenvalue weighted by atomic mass is 10.0. The Balaban J connectivity index is 1.97. The van der Waals surface area contributed by atoms with Crippen LogP contribution in [0.15, 0.2) is 65.5 Å². The standard InChI is InChI=1S/C18H16N2O2/c1-13-17(16(21)12-14-8-4-2-5-9-14)18(22)20(19-13)15-10-6-3-7-11-15/h2-11,19H,12H2,1H3. The van der Waals surface area contributed by atoms with E-state index < -0.39 is 0 Å². The minimum atomic E-state index is -0.301. The Bertz CT molecular complexity index is 846. The monoisotopic (exact) mass is 292 g/mol. The molecule has 0 aliphatic carbocycles. The van der Waals surface area contributed by atoms with Crippen LogP contribution in [0.2, 0.25) is 0 Å². The van der Waals surface area contributed by atoms with Crippen LogP contribution in [-0.4, -0.2) is 15.6 Å². The van der Waals surface area contributed by atoms with Gasteiger partial charge in [0.2, 0.25) is 0 Å². The molecule has 0 radical (unpaired) electrons. The summed E-state index contributed by atoms with van der Waals surface area (Å²) >= 11 is 0. The van der Waals surface area contributed by atoms with E-state index in [1.165, 1.54) is 4.68 Å². The van der Waals surface area contributed by atoms with E-state index in [9.17, 15) is 9.59 Å². The molecule has 0 fully saturated rings. The number of carbonyl (C=O) groups excluding carboxylic acids is 1. The van der Waals surface area contributed by atoms with Gasteiger partial charge in [-0.3, -0.25) is 14.7 Å². The highest BCUT2D eigenvalue weighted by molar-refractivity contribution is 5.98. The molecule has 1 aromatic heterocycles. The van der Waals surface area contributed by atoms with Gasteiger partial charge in [0.15, 0.2) is 5.78 Å². The van der Waals surface area contributed by atoms with Crippen molar-refractivity contribution in [3.63, 3.8) is 0 Å². The number of Topliss-reactive ketones (excluding diaryl/α,β-unsaturated/α-hetero) is 1. The molecule has 0 saturated carbocycles.